The van der Waals surface area contributed by atoms with Crippen LogP contribution < -0.4 is 5.32 Å². The minimum absolute atomic E-state index is 0.208. The number of hydrogen-bond donors (Lipinski definition) is 1. The molecule has 2 heterocycles. The topological polar surface area (TPSA) is 64.7 Å². The second-order valence-corrected chi connectivity index (χ2v) is 7.09. The number of carbonyl (C=O) groups excluding carboxylic acids is 1. The Kier molecular flexibility index (Phi) is 5.88. The molecule has 31 heavy (non-hydrogen) atoms. The number of nitrogens with one attached hydrogen (secondary N) is 1. The third-order valence-electron chi connectivity index (χ3n) is 4.78. The lowest BCUT2D eigenvalue weighted by atomic mass is 10.1. The molecule has 1 N–H and O–H groups in total. The number of carbonyl (C=O) groups is 1. The van der Waals surface area contributed by atoms with Crippen LogP contribution in [0.2, 0.25) is 0 Å². The van der Waals surface area contributed by atoms with Crippen molar-refractivity contribution in [3.05, 3.63) is 89.9 Å². The summed E-state index contributed by atoms with van der Waals surface area (Å²) in [6, 6.07) is 20.6. The van der Waals surface area contributed by atoms with Crippen molar-refractivity contribution >= 4 is 5.91 Å². The van der Waals surface area contributed by atoms with Crippen molar-refractivity contribution in [2.75, 3.05) is 0 Å². The first-order valence-corrected chi connectivity index (χ1v) is 9.80. The normalized spacial score (nSPS) is 11.1. The molecule has 2 aromatic carbocycles. The Morgan fingerprint density at radius 3 is 2.39 bits per heavy atom. The molecule has 0 unspecified atom stereocenters. The van der Waals surface area contributed by atoms with Crippen LogP contribution in [0, 0.1) is 6.92 Å². The number of hydrogen-bond acceptors (Lipinski definition) is 3. The summed E-state index contributed by atoms with van der Waals surface area (Å²) in [5.41, 5.74) is 3.55. The molecule has 4 rings (SSSR count). The Morgan fingerprint density at radius 1 is 1.03 bits per heavy atom. The lowest BCUT2D eigenvalue weighted by Gasteiger charge is -2.08. The largest absolute Gasteiger partial charge is 0.350 e. The maximum atomic E-state index is 13.1. The summed E-state index contributed by atoms with van der Waals surface area (Å²) in [6.07, 6.45) is -0.830. The maximum Gasteiger partial charge on any atom is 0.280 e. The Balaban J connectivity index is 1.55. The molecule has 0 radical (unpaired) electrons. The van der Waals surface area contributed by atoms with Crippen molar-refractivity contribution in [2.45, 2.75) is 26.4 Å². The zero-order valence-corrected chi connectivity index (χ0v) is 16.9. The highest BCUT2D eigenvalue weighted by atomic mass is 19.3. The van der Waals surface area contributed by atoms with Gasteiger partial charge in [0.2, 0.25) is 5.91 Å². The molecule has 0 fully saturated rings. The van der Waals surface area contributed by atoms with Gasteiger partial charge in [-0.2, -0.15) is 10.2 Å². The van der Waals surface area contributed by atoms with E-state index in [4.69, 9.17) is 5.10 Å². The number of aromatic nitrogens is 4. The Bertz CT molecular complexity index is 1170. The molecule has 0 bridgehead atoms. The number of rotatable bonds is 7. The monoisotopic (exact) mass is 421 g/mol. The third-order valence-corrected chi connectivity index (χ3v) is 4.78. The molecule has 0 aliphatic carbocycles. The van der Waals surface area contributed by atoms with E-state index in [1.165, 1.54) is 6.07 Å². The number of para-hydroxylation sites is 1. The zero-order chi connectivity index (χ0) is 21.8. The van der Waals surface area contributed by atoms with Crippen LogP contribution in [0.25, 0.3) is 16.9 Å². The highest BCUT2D eigenvalue weighted by Gasteiger charge is 2.18. The van der Waals surface area contributed by atoms with E-state index in [1.54, 1.807) is 11.6 Å². The van der Waals surface area contributed by atoms with Crippen LogP contribution in [0.4, 0.5) is 8.78 Å². The Hall–Kier alpha value is -3.81. The Labute approximate surface area is 178 Å². The molecule has 0 saturated heterocycles. The minimum atomic E-state index is -2.69. The van der Waals surface area contributed by atoms with Crippen LogP contribution in [0.15, 0.2) is 72.9 Å². The molecule has 158 valence electrons. The van der Waals surface area contributed by atoms with Crippen LogP contribution in [0.5, 0.6) is 0 Å². The van der Waals surface area contributed by atoms with Gasteiger partial charge in [0.05, 0.1) is 17.1 Å². The van der Waals surface area contributed by atoms with Crippen LogP contribution in [-0.4, -0.2) is 25.5 Å². The van der Waals surface area contributed by atoms with Crippen molar-refractivity contribution < 1.29 is 13.6 Å². The summed E-state index contributed by atoms with van der Waals surface area (Å²) < 4.78 is 29.1. The van der Waals surface area contributed by atoms with E-state index >= 15 is 0 Å². The summed E-state index contributed by atoms with van der Waals surface area (Å²) in [7, 11) is 0. The summed E-state index contributed by atoms with van der Waals surface area (Å²) in [5, 5.41) is 11.5. The molecule has 6 nitrogen and oxygen atoms in total. The smallest absolute Gasteiger partial charge is 0.280 e. The number of halogens is 2. The first kappa shape index (κ1) is 20.5. The van der Waals surface area contributed by atoms with E-state index < -0.39 is 12.3 Å². The molecule has 0 spiro atoms. The van der Waals surface area contributed by atoms with Gasteiger partial charge in [-0.3, -0.25) is 9.48 Å². The van der Waals surface area contributed by atoms with Crippen molar-refractivity contribution in [3.8, 4) is 16.9 Å². The highest BCUT2D eigenvalue weighted by Crippen LogP contribution is 2.24. The van der Waals surface area contributed by atoms with Gasteiger partial charge in [0.15, 0.2) is 0 Å². The van der Waals surface area contributed by atoms with Gasteiger partial charge in [-0.1, -0.05) is 48.5 Å². The summed E-state index contributed by atoms with van der Waals surface area (Å²) in [4.78, 5) is 12.5. The van der Waals surface area contributed by atoms with Gasteiger partial charge in [-0.15, -0.1) is 0 Å². The van der Waals surface area contributed by atoms with Crippen LogP contribution in [0.1, 0.15) is 23.4 Å². The number of aryl methyl sites for hydroxylation is 1. The number of benzene rings is 2. The highest BCUT2D eigenvalue weighted by molar-refractivity contribution is 5.76. The van der Waals surface area contributed by atoms with E-state index in [0.29, 0.717) is 5.69 Å². The molecule has 1 amide bonds. The average Bonchev–Trinajstić information content (AvgIpc) is 3.37. The second-order valence-electron chi connectivity index (χ2n) is 7.09. The predicted molar refractivity (Wildman–Crippen MR) is 113 cm³/mol. The summed E-state index contributed by atoms with van der Waals surface area (Å²) in [6.45, 7) is 1.55. The van der Waals surface area contributed by atoms with E-state index in [-0.39, 0.29) is 18.8 Å². The van der Waals surface area contributed by atoms with Gasteiger partial charge in [0.25, 0.3) is 6.43 Å². The van der Waals surface area contributed by atoms with E-state index in [0.717, 1.165) is 27.2 Å². The molecule has 8 heteroatoms. The van der Waals surface area contributed by atoms with Gasteiger partial charge in [-0.05, 0) is 25.1 Å². The zero-order valence-electron chi connectivity index (χ0n) is 16.9. The second kappa shape index (κ2) is 8.91. The van der Waals surface area contributed by atoms with E-state index in [2.05, 4.69) is 10.4 Å². The lowest BCUT2D eigenvalue weighted by Crippen LogP contribution is -2.28. The first-order chi connectivity index (χ1) is 15.0. The molecule has 0 atom stereocenters. The van der Waals surface area contributed by atoms with Gasteiger partial charge in [0.1, 0.15) is 12.2 Å². The fraction of sp³-hybridized carbons (Fsp3) is 0.174. The van der Waals surface area contributed by atoms with Crippen molar-refractivity contribution in [1.82, 2.24) is 24.9 Å². The standard InChI is InChI=1S/C23H21F2N5O/c1-16-12-20(23(24)25)30(27-16)15-21(31)26-13-18-14-29(19-10-6-3-7-11-19)28-22(18)17-8-4-2-5-9-17/h2-12,14,23H,13,15H2,1H3,(H,26,31). The van der Waals surface area contributed by atoms with Gasteiger partial charge in [0, 0.05) is 23.9 Å². The van der Waals surface area contributed by atoms with Gasteiger partial charge < -0.3 is 5.32 Å². The Morgan fingerprint density at radius 2 is 1.71 bits per heavy atom. The number of nitrogens with zero attached hydrogens (tertiary/aromatic N) is 4. The molecule has 2 aromatic heterocycles. The molecule has 0 saturated carbocycles. The molecule has 4 aromatic rings. The SMILES string of the molecule is Cc1cc(C(F)F)n(CC(=O)NCc2cn(-c3ccccc3)nc2-c2ccccc2)n1. The van der Waals surface area contributed by atoms with E-state index in [1.807, 2.05) is 66.9 Å². The molecule has 0 aliphatic rings. The quantitative estimate of drug-likeness (QED) is 0.484. The van der Waals surface area contributed by atoms with Crippen molar-refractivity contribution in [3.63, 3.8) is 0 Å². The third kappa shape index (κ3) is 4.69. The van der Waals surface area contributed by atoms with E-state index in [9.17, 15) is 13.6 Å². The fourth-order valence-electron chi connectivity index (χ4n) is 3.34. The van der Waals surface area contributed by atoms with Crippen LogP contribution in [-0.2, 0) is 17.9 Å². The number of alkyl halides is 2. The van der Waals surface area contributed by atoms with Crippen LogP contribution >= 0.6 is 0 Å². The van der Waals surface area contributed by atoms with Gasteiger partial charge in [-0.25, -0.2) is 13.5 Å². The number of amides is 1. The van der Waals surface area contributed by atoms with Crippen molar-refractivity contribution in [1.29, 1.82) is 0 Å². The fourth-order valence-corrected chi connectivity index (χ4v) is 3.34. The predicted octanol–water partition coefficient (Wildman–Crippen LogP) is 4.30. The first-order valence-electron chi connectivity index (χ1n) is 9.80. The lowest BCUT2D eigenvalue weighted by molar-refractivity contribution is -0.122. The van der Waals surface area contributed by atoms with Crippen LogP contribution in [0.3, 0.4) is 0 Å². The minimum Gasteiger partial charge on any atom is -0.350 e. The van der Waals surface area contributed by atoms with Crippen molar-refractivity contribution in [2.24, 2.45) is 0 Å². The summed E-state index contributed by atoms with van der Waals surface area (Å²) in [5.74, 6) is -0.406. The molecular formula is C23H21F2N5O. The average molecular weight is 421 g/mol. The molecular weight excluding hydrogens is 400 g/mol. The summed E-state index contributed by atoms with van der Waals surface area (Å²) >= 11 is 0. The maximum absolute atomic E-state index is 13.1. The van der Waals surface area contributed by atoms with Gasteiger partial charge >= 0.3 is 0 Å². The molecule has 0 aliphatic heterocycles.